The molecule has 34 heavy (non-hydrogen) atoms. The fourth-order valence-electron chi connectivity index (χ4n) is 3.56. The van der Waals surface area contributed by atoms with Crippen LogP contribution in [0.4, 0.5) is 18.0 Å². The number of aliphatic hydroxyl groups is 1. The van der Waals surface area contributed by atoms with Crippen molar-refractivity contribution < 1.29 is 32.5 Å². The van der Waals surface area contributed by atoms with E-state index in [1.807, 2.05) is 0 Å². The van der Waals surface area contributed by atoms with Crippen molar-refractivity contribution in [3.05, 3.63) is 82.1 Å². The lowest BCUT2D eigenvalue weighted by molar-refractivity contribution is -0.274. The number of carbonyl (C=O) groups is 1. The minimum Gasteiger partial charge on any atom is -0.434 e. The molecule has 0 radical (unpaired) electrons. The number of halogens is 5. The minimum absolute atomic E-state index is 0.0181. The third kappa shape index (κ3) is 5.29. The highest BCUT2D eigenvalue weighted by Crippen LogP contribution is 2.50. The number of rotatable bonds is 6. The van der Waals surface area contributed by atoms with Crippen LogP contribution in [-0.4, -0.2) is 29.0 Å². The summed E-state index contributed by atoms with van der Waals surface area (Å²) in [6, 6.07) is 13.0. The van der Waals surface area contributed by atoms with Crippen molar-refractivity contribution in [2.75, 3.05) is 6.61 Å². The summed E-state index contributed by atoms with van der Waals surface area (Å²) in [6.45, 7) is 3.03. The summed E-state index contributed by atoms with van der Waals surface area (Å²) in [6.07, 6.45) is -4.79. The van der Waals surface area contributed by atoms with E-state index in [-0.39, 0.29) is 28.1 Å². The molecular formula is C24H20Cl2F3NO4. The normalized spacial score (nSPS) is 14.2. The molecular weight excluding hydrogens is 494 g/mol. The van der Waals surface area contributed by atoms with E-state index >= 15 is 0 Å². The molecule has 10 heteroatoms. The predicted molar refractivity (Wildman–Crippen MR) is 122 cm³/mol. The van der Waals surface area contributed by atoms with E-state index in [4.69, 9.17) is 32.7 Å². The van der Waals surface area contributed by atoms with Crippen molar-refractivity contribution >= 4 is 29.4 Å². The number of pyridine rings is 1. The predicted octanol–water partition coefficient (Wildman–Crippen LogP) is 7.14. The maximum absolute atomic E-state index is 14.1. The van der Waals surface area contributed by atoms with Gasteiger partial charge in [-0.25, -0.2) is 9.78 Å². The molecule has 0 spiro atoms. The van der Waals surface area contributed by atoms with Crippen LogP contribution in [0, 0.1) is 0 Å². The third-order valence-corrected chi connectivity index (χ3v) is 5.86. The summed E-state index contributed by atoms with van der Waals surface area (Å²) >= 11 is 12.2. The number of ether oxygens (including phenoxy) is 2. The van der Waals surface area contributed by atoms with Gasteiger partial charge in [0.2, 0.25) is 0 Å². The van der Waals surface area contributed by atoms with Crippen LogP contribution in [0.25, 0.3) is 11.1 Å². The van der Waals surface area contributed by atoms with Crippen LogP contribution in [0.15, 0.2) is 60.8 Å². The largest absolute Gasteiger partial charge is 0.513 e. The van der Waals surface area contributed by atoms with E-state index in [0.717, 1.165) is 18.3 Å². The Bertz CT molecular complexity index is 1190. The summed E-state index contributed by atoms with van der Waals surface area (Å²) in [5, 5.41) is 10.7. The van der Waals surface area contributed by atoms with E-state index in [1.54, 1.807) is 37.3 Å². The Kier molecular flexibility index (Phi) is 7.75. The van der Waals surface area contributed by atoms with Crippen molar-refractivity contribution in [3.63, 3.8) is 0 Å². The first-order chi connectivity index (χ1) is 16.0. The van der Waals surface area contributed by atoms with E-state index in [9.17, 15) is 23.1 Å². The lowest BCUT2D eigenvalue weighted by Gasteiger charge is -2.37. The highest BCUT2D eigenvalue weighted by Gasteiger charge is 2.59. The number of hydrogen-bond acceptors (Lipinski definition) is 5. The van der Waals surface area contributed by atoms with E-state index < -0.39 is 29.4 Å². The number of carbonyl (C=O) groups excluding carboxylic acids is 1. The molecule has 0 aliphatic carbocycles. The quantitative estimate of drug-likeness (QED) is 0.215. The van der Waals surface area contributed by atoms with Gasteiger partial charge in [0.25, 0.3) is 0 Å². The van der Waals surface area contributed by atoms with Crippen LogP contribution in [0.5, 0.6) is 5.75 Å². The summed E-state index contributed by atoms with van der Waals surface area (Å²) < 4.78 is 52.2. The first-order valence-corrected chi connectivity index (χ1v) is 10.9. The molecule has 0 aliphatic rings. The Balaban J connectivity index is 1.97. The summed E-state index contributed by atoms with van der Waals surface area (Å²) in [5.74, 6) is -1.25. The van der Waals surface area contributed by atoms with E-state index in [1.165, 1.54) is 19.1 Å². The molecule has 0 saturated carbocycles. The lowest BCUT2D eigenvalue weighted by atomic mass is 9.77. The molecule has 0 saturated heterocycles. The highest BCUT2D eigenvalue weighted by atomic mass is 35.5. The van der Waals surface area contributed by atoms with Gasteiger partial charge >= 0.3 is 12.3 Å². The molecule has 2 atom stereocenters. The molecule has 180 valence electrons. The van der Waals surface area contributed by atoms with Crippen molar-refractivity contribution in [1.29, 1.82) is 0 Å². The van der Waals surface area contributed by atoms with Crippen molar-refractivity contribution in [1.82, 2.24) is 4.98 Å². The van der Waals surface area contributed by atoms with Crippen LogP contribution < -0.4 is 4.74 Å². The monoisotopic (exact) mass is 513 g/mol. The van der Waals surface area contributed by atoms with Crippen LogP contribution in [-0.2, 0) is 10.3 Å². The third-order valence-electron chi connectivity index (χ3n) is 5.32. The first-order valence-electron chi connectivity index (χ1n) is 10.1. The number of benzene rings is 2. The zero-order chi connectivity index (χ0) is 25.1. The lowest BCUT2D eigenvalue weighted by Crippen LogP contribution is -2.46. The van der Waals surface area contributed by atoms with Gasteiger partial charge in [-0.05, 0) is 59.5 Å². The van der Waals surface area contributed by atoms with Crippen LogP contribution >= 0.6 is 23.2 Å². The van der Waals surface area contributed by atoms with E-state index in [0.29, 0.717) is 11.1 Å². The minimum atomic E-state index is -5.03. The smallest absolute Gasteiger partial charge is 0.434 e. The van der Waals surface area contributed by atoms with Crippen LogP contribution in [0.3, 0.4) is 0 Å². The zero-order valence-electron chi connectivity index (χ0n) is 18.1. The van der Waals surface area contributed by atoms with Gasteiger partial charge in [0, 0.05) is 17.1 Å². The SMILES string of the molecule is CCOC(=O)Oc1cccc(-c2ccc(C(C)C(O)(c3ccnc(Cl)c3)C(F)(F)F)c(Cl)c2)c1. The molecule has 2 aromatic carbocycles. The average molecular weight is 514 g/mol. The molecule has 0 fully saturated rings. The Morgan fingerprint density at radius 3 is 2.41 bits per heavy atom. The van der Waals surface area contributed by atoms with Gasteiger partial charge in [-0.3, -0.25) is 0 Å². The van der Waals surface area contributed by atoms with Gasteiger partial charge < -0.3 is 14.6 Å². The molecule has 3 aromatic rings. The molecule has 1 heterocycles. The molecule has 3 rings (SSSR count). The Morgan fingerprint density at radius 2 is 1.79 bits per heavy atom. The molecule has 2 unspecified atom stereocenters. The number of nitrogens with zero attached hydrogens (tertiary/aromatic N) is 1. The van der Waals surface area contributed by atoms with Gasteiger partial charge in [-0.15, -0.1) is 0 Å². The summed E-state index contributed by atoms with van der Waals surface area (Å²) in [5.41, 5.74) is -2.46. The van der Waals surface area contributed by atoms with Gasteiger partial charge in [0.15, 0.2) is 5.60 Å². The van der Waals surface area contributed by atoms with Gasteiger partial charge in [-0.2, -0.15) is 13.2 Å². The fourth-order valence-corrected chi connectivity index (χ4v) is 4.08. The topological polar surface area (TPSA) is 68.7 Å². The molecule has 0 bridgehead atoms. The Morgan fingerprint density at radius 1 is 1.09 bits per heavy atom. The van der Waals surface area contributed by atoms with E-state index in [2.05, 4.69) is 4.98 Å². The average Bonchev–Trinajstić information content (AvgIpc) is 2.77. The Hall–Kier alpha value is -2.81. The summed E-state index contributed by atoms with van der Waals surface area (Å²) in [7, 11) is 0. The maximum Gasteiger partial charge on any atom is 0.513 e. The van der Waals surface area contributed by atoms with Crippen LogP contribution in [0.2, 0.25) is 10.2 Å². The standard InChI is InChI=1S/C24H20Cl2F3NO4/c1-3-33-22(31)34-18-6-4-5-15(11-18)16-7-8-19(20(25)12-16)14(2)23(32,24(27,28)29)17-9-10-30-21(26)13-17/h4-14,32H,3H2,1-2H3. The molecule has 0 amide bonds. The number of aromatic nitrogens is 1. The van der Waals surface area contributed by atoms with Gasteiger partial charge in [0.1, 0.15) is 10.9 Å². The Labute approximate surface area is 204 Å². The molecule has 1 N–H and O–H groups in total. The number of alkyl halides is 3. The number of hydrogen-bond donors (Lipinski definition) is 1. The van der Waals surface area contributed by atoms with Crippen LogP contribution in [0.1, 0.15) is 30.9 Å². The fraction of sp³-hybridized carbons (Fsp3) is 0.250. The highest BCUT2D eigenvalue weighted by molar-refractivity contribution is 6.31. The van der Waals surface area contributed by atoms with Gasteiger partial charge in [0.05, 0.1) is 6.61 Å². The maximum atomic E-state index is 14.1. The second-order valence-corrected chi connectivity index (χ2v) is 8.20. The second kappa shape index (κ2) is 10.2. The molecule has 5 nitrogen and oxygen atoms in total. The first kappa shape index (κ1) is 25.8. The molecule has 1 aromatic heterocycles. The second-order valence-electron chi connectivity index (χ2n) is 7.40. The summed E-state index contributed by atoms with van der Waals surface area (Å²) in [4.78, 5) is 15.2. The van der Waals surface area contributed by atoms with Crippen molar-refractivity contribution in [2.24, 2.45) is 0 Å². The zero-order valence-corrected chi connectivity index (χ0v) is 19.6. The van der Waals surface area contributed by atoms with Crippen molar-refractivity contribution in [2.45, 2.75) is 31.5 Å². The molecule has 0 aliphatic heterocycles. The van der Waals surface area contributed by atoms with Crippen molar-refractivity contribution in [3.8, 4) is 16.9 Å². The van der Waals surface area contributed by atoms with Gasteiger partial charge in [-0.1, -0.05) is 54.4 Å².